The highest BCUT2D eigenvalue weighted by atomic mass is 19.1. The molecule has 2 heterocycles. The second kappa shape index (κ2) is 8.15. The molecule has 1 fully saturated rings. The number of fused-ring (bicyclic) bond motifs is 2. The van der Waals surface area contributed by atoms with E-state index in [9.17, 15) is 14.0 Å². The molecule has 1 atom stereocenters. The van der Waals surface area contributed by atoms with E-state index < -0.39 is 0 Å². The molecular weight excluding hydrogens is 405 g/mol. The number of carbonyl (C=O) groups is 2. The molecule has 0 spiro atoms. The first-order valence-corrected chi connectivity index (χ1v) is 11.1. The second-order valence-electron chi connectivity index (χ2n) is 10.1. The van der Waals surface area contributed by atoms with E-state index in [-0.39, 0.29) is 29.1 Å². The first-order valence-electron chi connectivity index (χ1n) is 11.1. The van der Waals surface area contributed by atoms with Gasteiger partial charge >= 0.3 is 0 Å². The van der Waals surface area contributed by atoms with Gasteiger partial charge in [0, 0.05) is 37.3 Å². The average Bonchev–Trinajstić information content (AvgIpc) is 2.81. The number of benzene rings is 2. The van der Waals surface area contributed by atoms with E-state index in [1.54, 1.807) is 29.2 Å². The lowest BCUT2D eigenvalue weighted by Gasteiger charge is -2.41. The molecule has 0 aromatic heterocycles. The number of nitrogens with zero attached hydrogens (tertiary/aromatic N) is 3. The van der Waals surface area contributed by atoms with Crippen molar-refractivity contribution in [3.8, 4) is 11.1 Å². The van der Waals surface area contributed by atoms with Crippen molar-refractivity contribution in [2.75, 3.05) is 19.6 Å². The Kier molecular flexibility index (Phi) is 5.65. The van der Waals surface area contributed by atoms with E-state index in [4.69, 9.17) is 4.99 Å². The summed E-state index contributed by atoms with van der Waals surface area (Å²) < 4.78 is 14.6. The van der Waals surface area contributed by atoms with Crippen LogP contribution in [0.3, 0.4) is 0 Å². The van der Waals surface area contributed by atoms with Gasteiger partial charge in [0.1, 0.15) is 5.82 Å². The Labute approximate surface area is 188 Å². The summed E-state index contributed by atoms with van der Waals surface area (Å²) in [5, 5.41) is 0. The third-order valence-corrected chi connectivity index (χ3v) is 6.12. The molecule has 1 saturated heterocycles. The molecule has 32 heavy (non-hydrogen) atoms. The Morgan fingerprint density at radius 2 is 1.84 bits per heavy atom. The van der Waals surface area contributed by atoms with Gasteiger partial charge in [-0.1, -0.05) is 39.0 Å². The van der Waals surface area contributed by atoms with Gasteiger partial charge in [-0.05, 0) is 48.6 Å². The van der Waals surface area contributed by atoms with Crippen LogP contribution in [-0.2, 0) is 4.79 Å². The number of piperazine rings is 1. The summed E-state index contributed by atoms with van der Waals surface area (Å²) in [6, 6.07) is 10.2. The first-order chi connectivity index (χ1) is 15.0. The fraction of sp³-hybridized carbons (Fsp3) is 0.423. The number of halogens is 1. The van der Waals surface area contributed by atoms with Crippen LogP contribution < -0.4 is 0 Å². The monoisotopic (exact) mass is 435 g/mol. The minimum atomic E-state index is -0.311. The molecule has 0 saturated carbocycles. The fourth-order valence-electron chi connectivity index (χ4n) is 4.42. The Morgan fingerprint density at radius 1 is 1.09 bits per heavy atom. The molecule has 2 aliphatic heterocycles. The minimum absolute atomic E-state index is 0.0888. The molecule has 2 aromatic rings. The van der Waals surface area contributed by atoms with E-state index in [0.717, 1.165) is 11.3 Å². The maximum Gasteiger partial charge on any atom is 0.256 e. The maximum atomic E-state index is 14.6. The molecule has 168 valence electrons. The molecule has 1 unspecified atom stereocenters. The van der Waals surface area contributed by atoms with Gasteiger partial charge in [-0.25, -0.2) is 4.39 Å². The van der Waals surface area contributed by atoms with Crippen molar-refractivity contribution >= 4 is 23.2 Å². The summed E-state index contributed by atoms with van der Waals surface area (Å²) in [6.07, 6.45) is 0.468. The molecule has 0 radical (unpaired) electrons. The van der Waals surface area contributed by atoms with Crippen LogP contribution in [0.15, 0.2) is 41.4 Å². The fourth-order valence-corrected chi connectivity index (χ4v) is 4.42. The predicted octanol–water partition coefficient (Wildman–Crippen LogP) is 5.00. The Morgan fingerprint density at radius 3 is 2.53 bits per heavy atom. The Hall–Kier alpha value is -3.02. The Balaban J connectivity index is 1.64. The van der Waals surface area contributed by atoms with E-state index in [0.29, 0.717) is 48.4 Å². The van der Waals surface area contributed by atoms with Gasteiger partial charge in [0.25, 0.3) is 5.91 Å². The van der Waals surface area contributed by atoms with Crippen molar-refractivity contribution in [1.82, 2.24) is 9.80 Å². The Bertz CT molecular complexity index is 1120. The third kappa shape index (κ3) is 4.31. The number of hydrogen-bond acceptors (Lipinski definition) is 3. The lowest BCUT2D eigenvalue weighted by atomic mass is 9.91. The molecule has 0 N–H and O–H groups in total. The summed E-state index contributed by atoms with van der Waals surface area (Å²) in [6.45, 7) is 11.3. The molecule has 4 rings (SSSR count). The van der Waals surface area contributed by atoms with Crippen molar-refractivity contribution < 1.29 is 14.0 Å². The summed E-state index contributed by atoms with van der Waals surface area (Å²) in [5.41, 5.74) is 3.74. The average molecular weight is 436 g/mol. The van der Waals surface area contributed by atoms with Gasteiger partial charge in [-0.15, -0.1) is 0 Å². The predicted molar refractivity (Wildman–Crippen MR) is 125 cm³/mol. The lowest BCUT2D eigenvalue weighted by Crippen LogP contribution is -2.58. The van der Waals surface area contributed by atoms with Crippen LogP contribution in [0.1, 0.15) is 50.0 Å². The van der Waals surface area contributed by atoms with Crippen molar-refractivity contribution in [2.24, 2.45) is 10.4 Å². The van der Waals surface area contributed by atoms with Crippen molar-refractivity contribution in [1.29, 1.82) is 0 Å². The first kappa shape index (κ1) is 22.2. The number of rotatable bonds is 2. The van der Waals surface area contributed by atoms with E-state index in [2.05, 4.69) is 0 Å². The zero-order valence-electron chi connectivity index (χ0n) is 19.4. The van der Waals surface area contributed by atoms with Gasteiger partial charge < -0.3 is 9.80 Å². The highest BCUT2D eigenvalue weighted by Crippen LogP contribution is 2.33. The van der Waals surface area contributed by atoms with Crippen LogP contribution in [0.5, 0.6) is 0 Å². The van der Waals surface area contributed by atoms with Gasteiger partial charge in [0.2, 0.25) is 5.91 Å². The van der Waals surface area contributed by atoms with Crippen molar-refractivity contribution in [3.63, 3.8) is 0 Å². The van der Waals surface area contributed by atoms with Crippen molar-refractivity contribution in [2.45, 2.75) is 47.1 Å². The summed E-state index contributed by atoms with van der Waals surface area (Å²) in [7, 11) is 0. The van der Waals surface area contributed by atoms with Crippen LogP contribution in [0, 0.1) is 18.2 Å². The molecule has 5 nitrogen and oxygen atoms in total. The largest absolute Gasteiger partial charge is 0.338 e. The van der Waals surface area contributed by atoms with Gasteiger partial charge in [-0.2, -0.15) is 0 Å². The molecule has 6 heteroatoms. The standard InChI is InChI=1S/C26H30FN3O2/c1-16-6-8-19(21(27)12-16)18-7-9-22-20(13-18)25(32)30-11-10-29(15-23(30)17(2)28-22)24(31)14-26(3,4)5/h6-9,12-13,23H,10-11,14-15H2,1-5H3. The number of hydrogen-bond donors (Lipinski definition) is 0. The lowest BCUT2D eigenvalue weighted by molar-refractivity contribution is -0.135. The van der Waals surface area contributed by atoms with Crippen LogP contribution in [0.2, 0.25) is 0 Å². The smallest absolute Gasteiger partial charge is 0.256 e. The zero-order chi connectivity index (χ0) is 23.2. The van der Waals surface area contributed by atoms with E-state index in [1.165, 1.54) is 6.07 Å². The number of aryl methyl sites for hydroxylation is 1. The maximum absolute atomic E-state index is 14.6. The van der Waals surface area contributed by atoms with Gasteiger partial charge in [0.05, 0.1) is 17.3 Å². The minimum Gasteiger partial charge on any atom is -0.338 e. The highest BCUT2D eigenvalue weighted by molar-refractivity contribution is 6.07. The second-order valence-corrected chi connectivity index (χ2v) is 10.1. The van der Waals surface area contributed by atoms with Crippen molar-refractivity contribution in [3.05, 3.63) is 53.3 Å². The highest BCUT2D eigenvalue weighted by Gasteiger charge is 2.37. The normalized spacial score (nSPS) is 18.6. The molecule has 2 aliphatic rings. The van der Waals surface area contributed by atoms with Gasteiger partial charge in [0.15, 0.2) is 0 Å². The summed E-state index contributed by atoms with van der Waals surface area (Å²) in [4.78, 5) is 34.7. The quantitative estimate of drug-likeness (QED) is 0.667. The number of carbonyl (C=O) groups excluding carboxylic acids is 2. The van der Waals surface area contributed by atoms with E-state index in [1.807, 2.05) is 45.6 Å². The molecular formula is C26H30FN3O2. The molecule has 0 bridgehead atoms. The zero-order valence-corrected chi connectivity index (χ0v) is 19.4. The number of aliphatic imine (C=N–C) groups is 1. The van der Waals surface area contributed by atoms with Crippen LogP contribution in [-0.4, -0.2) is 53.0 Å². The summed E-state index contributed by atoms with van der Waals surface area (Å²) in [5.74, 6) is -0.325. The van der Waals surface area contributed by atoms with Crippen LogP contribution >= 0.6 is 0 Å². The van der Waals surface area contributed by atoms with Gasteiger partial charge in [-0.3, -0.25) is 14.6 Å². The molecule has 2 aromatic carbocycles. The summed E-state index contributed by atoms with van der Waals surface area (Å²) >= 11 is 0. The van der Waals surface area contributed by atoms with E-state index >= 15 is 0 Å². The van der Waals surface area contributed by atoms with Crippen LogP contribution in [0.25, 0.3) is 11.1 Å². The SMILES string of the molecule is CC1=Nc2ccc(-c3ccc(C)cc3F)cc2C(=O)N2CCN(C(=O)CC(C)(C)C)CC12. The third-order valence-electron chi connectivity index (χ3n) is 6.12. The molecule has 0 aliphatic carbocycles. The topological polar surface area (TPSA) is 53.0 Å². The van der Waals surface area contributed by atoms with Crippen LogP contribution in [0.4, 0.5) is 10.1 Å². The molecule has 2 amide bonds. The number of amides is 2.